The molecule has 5 atom stereocenters. The number of fused-ring (bicyclic) bond motifs is 2. The summed E-state index contributed by atoms with van der Waals surface area (Å²) in [5, 5.41) is 11.9. The summed E-state index contributed by atoms with van der Waals surface area (Å²) >= 11 is 6.34. The maximum atomic E-state index is 14.7. The number of halogens is 4. The average molecular weight is 621 g/mol. The summed E-state index contributed by atoms with van der Waals surface area (Å²) in [6.45, 7) is 4.25. The zero-order chi connectivity index (χ0) is 30.8. The highest BCUT2D eigenvalue weighted by molar-refractivity contribution is 6.28. The van der Waals surface area contributed by atoms with Crippen molar-refractivity contribution in [1.82, 2.24) is 4.90 Å². The van der Waals surface area contributed by atoms with Gasteiger partial charge >= 0.3 is 6.18 Å². The van der Waals surface area contributed by atoms with E-state index in [2.05, 4.69) is 58.5 Å². The number of aryl methyl sites for hydroxylation is 1. The fraction of sp³-hybridized carbons (Fsp3) is 0.606. The average Bonchev–Trinajstić information content (AvgIpc) is 3.41. The lowest BCUT2D eigenvalue weighted by Crippen LogP contribution is -2.82. The van der Waals surface area contributed by atoms with E-state index in [4.69, 9.17) is 21.5 Å². The third-order valence-corrected chi connectivity index (χ3v) is 10.6. The van der Waals surface area contributed by atoms with E-state index in [-0.39, 0.29) is 17.4 Å². The Morgan fingerprint density at radius 1 is 1.05 bits per heavy atom. The van der Waals surface area contributed by atoms with Gasteiger partial charge in [-0.2, -0.15) is 18.2 Å². The van der Waals surface area contributed by atoms with Gasteiger partial charge in [-0.15, -0.1) is 0 Å². The number of aromatic nitrogens is 1. The number of carbonyl (C=O) groups excluding carboxylic acids is 2. The molecule has 10 heteroatoms. The Balaban J connectivity index is 0.000000472. The second kappa shape index (κ2) is 13.1. The number of carboxylic acid groups (broad SMARTS) is 1. The van der Waals surface area contributed by atoms with Crippen LogP contribution >= 0.6 is 11.6 Å². The summed E-state index contributed by atoms with van der Waals surface area (Å²) in [5.41, 5.74) is 3.99. The summed E-state index contributed by atoms with van der Waals surface area (Å²) < 4.78 is 31.5. The zero-order valence-corrected chi connectivity index (χ0v) is 25.4. The molecule has 3 N–H and O–H groups in total. The molecule has 43 heavy (non-hydrogen) atoms. The number of aliphatic carboxylic acids is 1. The number of nitrogens with zero attached hydrogens (tertiary/aromatic N) is 1. The van der Waals surface area contributed by atoms with E-state index < -0.39 is 12.1 Å². The van der Waals surface area contributed by atoms with Gasteiger partial charge < -0.3 is 20.1 Å². The molecule has 2 aliphatic heterocycles. The molecule has 1 saturated carbocycles. The van der Waals surface area contributed by atoms with Crippen molar-refractivity contribution in [3.05, 3.63) is 64.4 Å². The molecule has 2 aliphatic carbocycles. The molecule has 1 amide bonds. The number of carbonyl (C=O) groups is 2. The zero-order valence-electron chi connectivity index (χ0n) is 24.7. The van der Waals surface area contributed by atoms with Gasteiger partial charge in [-0.25, -0.2) is 0 Å². The van der Waals surface area contributed by atoms with Crippen LogP contribution in [0.4, 0.5) is 13.2 Å². The SMILES string of the molecule is CC1C[C@@H](c2ccccc2)C[C@@H](C2CCCCC2)N1C(=O)[C@@H]1C[NH2+]C[C@]12CCCc1[nH+]c(Cl)ccc12.O=C([O-])C(F)(F)F. The van der Waals surface area contributed by atoms with Crippen molar-refractivity contribution < 1.29 is 38.2 Å². The lowest BCUT2D eigenvalue weighted by molar-refractivity contribution is -0.640. The molecule has 1 aromatic heterocycles. The lowest BCUT2D eigenvalue weighted by atomic mass is 9.64. The molecule has 3 fully saturated rings. The smallest absolute Gasteiger partial charge is 0.430 e. The largest absolute Gasteiger partial charge is 0.542 e. The van der Waals surface area contributed by atoms with Crippen LogP contribution in [-0.2, 0) is 21.4 Å². The lowest BCUT2D eigenvalue weighted by Gasteiger charge is -2.50. The van der Waals surface area contributed by atoms with E-state index in [9.17, 15) is 18.0 Å². The second-order valence-corrected chi connectivity index (χ2v) is 13.3. The molecule has 0 bridgehead atoms. The first kappa shape index (κ1) is 31.8. The minimum Gasteiger partial charge on any atom is -0.542 e. The fourth-order valence-corrected chi connectivity index (χ4v) is 8.70. The number of aromatic amines is 1. The van der Waals surface area contributed by atoms with E-state index >= 15 is 0 Å². The Morgan fingerprint density at radius 2 is 1.74 bits per heavy atom. The predicted molar refractivity (Wildman–Crippen MR) is 154 cm³/mol. The van der Waals surface area contributed by atoms with Crippen molar-refractivity contribution in [2.75, 3.05) is 13.1 Å². The maximum Gasteiger partial charge on any atom is 0.430 e. The molecular weight excluding hydrogens is 579 g/mol. The van der Waals surface area contributed by atoms with E-state index in [0.29, 0.717) is 28.9 Å². The Hall–Kier alpha value is -2.65. The Kier molecular flexibility index (Phi) is 9.71. The van der Waals surface area contributed by atoms with Gasteiger partial charge in [0, 0.05) is 30.1 Å². The third kappa shape index (κ3) is 6.72. The number of quaternary nitrogens is 1. The molecule has 4 aliphatic rings. The number of amides is 1. The van der Waals surface area contributed by atoms with Gasteiger partial charge in [-0.1, -0.05) is 49.6 Å². The number of likely N-dealkylation sites (tertiary alicyclic amines) is 1. The molecule has 1 unspecified atom stereocenters. The standard InChI is InChI=1S/C31H40ClN3O.C2HF3O2/c1-21-17-24(22-9-4-2-5-10-22)18-28(23-11-6-3-7-12-23)35(21)30(36)26-19-33-20-31(26)16-8-13-27-25(31)14-15-29(32)34-27;3-2(4,5)1(6)7/h2,4-5,9-10,14-15,21,23-24,26,28,33H,3,6-8,11-13,16-20H2,1H3;(H,6,7)/p+1/t21?,24-,26+,28+,31+;/m1./s1. The van der Waals surface area contributed by atoms with Crippen LogP contribution in [-0.4, -0.2) is 48.1 Å². The van der Waals surface area contributed by atoms with Crippen LogP contribution in [0.3, 0.4) is 0 Å². The number of piperidine rings is 1. The molecule has 1 aromatic carbocycles. The van der Waals surface area contributed by atoms with Crippen LogP contribution in [0.5, 0.6) is 0 Å². The first-order valence-electron chi connectivity index (χ1n) is 15.7. The number of pyridine rings is 1. The first-order valence-corrected chi connectivity index (χ1v) is 16.1. The second-order valence-electron chi connectivity index (χ2n) is 12.9. The van der Waals surface area contributed by atoms with Crippen LogP contribution in [0.2, 0.25) is 5.15 Å². The van der Waals surface area contributed by atoms with E-state index in [1.165, 1.54) is 48.9 Å². The topological polar surface area (TPSA) is 91.2 Å². The highest BCUT2D eigenvalue weighted by Crippen LogP contribution is 2.47. The van der Waals surface area contributed by atoms with Crippen molar-refractivity contribution in [2.45, 2.75) is 101 Å². The van der Waals surface area contributed by atoms with E-state index in [1.54, 1.807) is 0 Å². The minimum absolute atomic E-state index is 0.0490. The van der Waals surface area contributed by atoms with Crippen LogP contribution in [0, 0.1) is 11.8 Å². The molecule has 2 saturated heterocycles. The van der Waals surface area contributed by atoms with E-state index in [1.807, 2.05) is 6.07 Å². The Morgan fingerprint density at radius 3 is 2.42 bits per heavy atom. The molecule has 6 rings (SSSR count). The van der Waals surface area contributed by atoms with Crippen molar-refractivity contribution in [3.63, 3.8) is 0 Å². The Bertz CT molecular complexity index is 1290. The van der Waals surface area contributed by atoms with Gasteiger partial charge in [0.15, 0.2) is 5.69 Å². The third-order valence-electron chi connectivity index (χ3n) is 10.4. The van der Waals surface area contributed by atoms with Gasteiger partial charge in [0.05, 0.1) is 18.5 Å². The first-order chi connectivity index (χ1) is 20.5. The maximum absolute atomic E-state index is 14.7. The van der Waals surface area contributed by atoms with Gasteiger partial charge in [-0.05, 0) is 80.5 Å². The summed E-state index contributed by atoms with van der Waals surface area (Å²) in [7, 11) is 0. The normalized spacial score (nSPS) is 29.5. The van der Waals surface area contributed by atoms with Crippen LogP contribution in [0.1, 0.15) is 87.4 Å². The monoisotopic (exact) mass is 620 g/mol. The molecule has 6 nitrogen and oxygen atoms in total. The van der Waals surface area contributed by atoms with Gasteiger partial charge in [0.2, 0.25) is 5.91 Å². The number of nitrogens with two attached hydrogens (primary N) is 1. The van der Waals surface area contributed by atoms with Gasteiger partial charge in [0.25, 0.3) is 5.15 Å². The van der Waals surface area contributed by atoms with Gasteiger partial charge in [-0.3, -0.25) is 4.79 Å². The van der Waals surface area contributed by atoms with Crippen LogP contribution in [0.25, 0.3) is 0 Å². The summed E-state index contributed by atoms with van der Waals surface area (Å²) in [6.07, 6.45) is 6.80. The fourth-order valence-electron chi connectivity index (χ4n) is 8.53. The highest BCUT2D eigenvalue weighted by Gasteiger charge is 2.57. The Labute approximate surface area is 256 Å². The van der Waals surface area contributed by atoms with Crippen LogP contribution < -0.4 is 15.4 Å². The number of hydrogen-bond acceptors (Lipinski definition) is 3. The number of H-pyrrole nitrogens is 1. The van der Waals surface area contributed by atoms with Crippen molar-refractivity contribution in [2.24, 2.45) is 11.8 Å². The number of hydrogen-bond donors (Lipinski definition) is 1. The molecular formula is C33H42ClF3N3O3+. The highest BCUT2D eigenvalue weighted by atomic mass is 35.5. The summed E-state index contributed by atoms with van der Waals surface area (Å²) in [6, 6.07) is 15.9. The molecule has 234 valence electrons. The quantitative estimate of drug-likeness (QED) is 0.527. The molecule has 3 heterocycles. The number of alkyl halides is 3. The number of rotatable bonds is 3. The molecule has 1 spiro atoms. The van der Waals surface area contributed by atoms with Crippen molar-refractivity contribution in [1.29, 1.82) is 0 Å². The molecule has 0 radical (unpaired) electrons. The van der Waals surface area contributed by atoms with Crippen molar-refractivity contribution >= 4 is 23.5 Å². The van der Waals surface area contributed by atoms with Crippen molar-refractivity contribution in [3.8, 4) is 0 Å². The van der Waals surface area contributed by atoms with Crippen LogP contribution in [0.15, 0.2) is 42.5 Å². The number of benzene rings is 1. The minimum atomic E-state index is -5.19. The number of carboxylic acids is 1. The summed E-state index contributed by atoms with van der Waals surface area (Å²) in [5.74, 6) is -1.33. The predicted octanol–water partition coefficient (Wildman–Crippen LogP) is 3.96. The molecule has 2 aromatic rings. The summed E-state index contributed by atoms with van der Waals surface area (Å²) in [4.78, 5) is 29.4. The van der Waals surface area contributed by atoms with Gasteiger partial charge in [0.1, 0.15) is 11.9 Å². The van der Waals surface area contributed by atoms with E-state index in [0.717, 1.165) is 45.2 Å². The number of nitrogens with one attached hydrogen (secondary N) is 1.